The van der Waals surface area contributed by atoms with Crippen LogP contribution >= 0.6 is 0 Å². The lowest BCUT2D eigenvalue weighted by atomic mass is 10.2. The van der Waals surface area contributed by atoms with E-state index in [0.29, 0.717) is 24.9 Å². The molecule has 1 rings (SSSR count). The molecule has 0 radical (unpaired) electrons. The molecule has 0 aliphatic carbocycles. The number of halogens is 1. The van der Waals surface area contributed by atoms with Gasteiger partial charge in [0.2, 0.25) is 0 Å². The van der Waals surface area contributed by atoms with Crippen LogP contribution < -0.4 is 4.74 Å². The number of hydrogen-bond acceptors (Lipinski definition) is 2. The Morgan fingerprint density at radius 3 is 2.40 bits per heavy atom. The van der Waals surface area contributed by atoms with Crippen molar-refractivity contribution in [1.82, 2.24) is 0 Å². The zero-order valence-electron chi connectivity index (χ0n) is 9.20. The van der Waals surface area contributed by atoms with Crippen LogP contribution in [0.25, 0.3) is 0 Å². The van der Waals surface area contributed by atoms with Crippen LogP contribution in [0.5, 0.6) is 5.75 Å². The zero-order valence-corrected chi connectivity index (χ0v) is 9.20. The molecule has 1 aromatic rings. The van der Waals surface area contributed by atoms with E-state index < -0.39 is 0 Å². The molecule has 1 aromatic carbocycles. The maximum atomic E-state index is 12.5. The predicted octanol–water partition coefficient (Wildman–Crippen LogP) is 2.88. The summed E-state index contributed by atoms with van der Waals surface area (Å²) in [5.41, 5.74) is 0. The topological polar surface area (TPSA) is 18.5 Å². The molecule has 0 aliphatic rings. The molecule has 0 aliphatic heterocycles. The van der Waals surface area contributed by atoms with Crippen molar-refractivity contribution in [2.75, 3.05) is 19.8 Å². The molecule has 0 aromatic heterocycles. The van der Waals surface area contributed by atoms with E-state index >= 15 is 0 Å². The molecule has 84 valence electrons. The summed E-state index contributed by atoms with van der Waals surface area (Å²) in [5.74, 6) is 0.957. The fourth-order valence-electron chi connectivity index (χ4n) is 1.07. The summed E-state index contributed by atoms with van der Waals surface area (Å²) < 4.78 is 23.2. The summed E-state index contributed by atoms with van der Waals surface area (Å²) >= 11 is 0. The van der Waals surface area contributed by atoms with Crippen molar-refractivity contribution in [1.29, 1.82) is 0 Å². The highest BCUT2D eigenvalue weighted by atomic mass is 19.1. The maximum Gasteiger partial charge on any atom is 0.123 e. The maximum absolute atomic E-state index is 12.5. The van der Waals surface area contributed by atoms with Crippen molar-refractivity contribution in [3.63, 3.8) is 0 Å². The monoisotopic (exact) mass is 212 g/mol. The first-order chi connectivity index (χ1) is 7.18. The number of hydrogen-bond donors (Lipinski definition) is 0. The Bertz CT molecular complexity index is 269. The summed E-state index contributed by atoms with van der Waals surface area (Å²) in [5, 5.41) is 0. The van der Waals surface area contributed by atoms with Gasteiger partial charge in [-0.2, -0.15) is 0 Å². The van der Waals surface area contributed by atoms with Crippen LogP contribution in [0.1, 0.15) is 13.8 Å². The molecule has 0 saturated carbocycles. The fraction of sp³-hybridized carbons (Fsp3) is 0.500. The second-order valence-corrected chi connectivity index (χ2v) is 3.77. The van der Waals surface area contributed by atoms with E-state index in [1.807, 2.05) is 0 Å². The predicted molar refractivity (Wildman–Crippen MR) is 57.6 cm³/mol. The van der Waals surface area contributed by atoms with Gasteiger partial charge in [-0.05, 0) is 30.2 Å². The number of benzene rings is 1. The Balaban J connectivity index is 2.12. The van der Waals surface area contributed by atoms with Gasteiger partial charge in [0, 0.05) is 6.61 Å². The van der Waals surface area contributed by atoms with E-state index in [1.165, 1.54) is 12.1 Å². The highest BCUT2D eigenvalue weighted by molar-refractivity contribution is 5.21. The van der Waals surface area contributed by atoms with Crippen LogP contribution in [0, 0.1) is 11.7 Å². The fourth-order valence-corrected chi connectivity index (χ4v) is 1.07. The Labute approximate surface area is 90.0 Å². The lowest BCUT2D eigenvalue weighted by Crippen LogP contribution is -2.10. The molecule has 0 N–H and O–H groups in total. The standard InChI is InChI=1S/C12H17FO2/c1-10(2)9-14-7-8-15-12-5-3-11(13)4-6-12/h3-6,10H,7-9H2,1-2H3. The van der Waals surface area contributed by atoms with Gasteiger partial charge >= 0.3 is 0 Å². The quantitative estimate of drug-likeness (QED) is 0.675. The molecule has 0 bridgehead atoms. The molecule has 15 heavy (non-hydrogen) atoms. The van der Waals surface area contributed by atoms with Crippen LogP contribution in [-0.4, -0.2) is 19.8 Å². The summed E-state index contributed by atoms with van der Waals surface area (Å²) in [4.78, 5) is 0. The SMILES string of the molecule is CC(C)COCCOc1ccc(F)cc1. The Kier molecular flexibility index (Phi) is 5.12. The van der Waals surface area contributed by atoms with Crippen LogP contribution in [0.3, 0.4) is 0 Å². The molecular formula is C12H17FO2. The molecule has 0 unspecified atom stereocenters. The Morgan fingerprint density at radius 2 is 1.80 bits per heavy atom. The van der Waals surface area contributed by atoms with Gasteiger partial charge in [-0.25, -0.2) is 4.39 Å². The second kappa shape index (κ2) is 6.40. The third-order valence-corrected chi connectivity index (χ3v) is 1.76. The minimum atomic E-state index is -0.251. The minimum absolute atomic E-state index is 0.251. The smallest absolute Gasteiger partial charge is 0.123 e. The third kappa shape index (κ3) is 5.37. The third-order valence-electron chi connectivity index (χ3n) is 1.76. The first-order valence-corrected chi connectivity index (χ1v) is 5.14. The Hall–Kier alpha value is -1.09. The van der Waals surface area contributed by atoms with E-state index in [-0.39, 0.29) is 5.82 Å². The average molecular weight is 212 g/mol. The molecule has 0 amide bonds. The van der Waals surface area contributed by atoms with Crippen molar-refractivity contribution < 1.29 is 13.9 Å². The molecule has 0 spiro atoms. The van der Waals surface area contributed by atoms with E-state index in [4.69, 9.17) is 9.47 Å². The first kappa shape index (κ1) is 12.0. The normalized spacial score (nSPS) is 10.7. The lowest BCUT2D eigenvalue weighted by molar-refractivity contribution is 0.0819. The van der Waals surface area contributed by atoms with Crippen molar-refractivity contribution in [2.24, 2.45) is 5.92 Å². The highest BCUT2D eigenvalue weighted by Gasteiger charge is 1.96. The van der Waals surface area contributed by atoms with Crippen molar-refractivity contribution in [3.8, 4) is 5.75 Å². The summed E-state index contributed by atoms with van der Waals surface area (Å²) in [6.45, 7) is 6.00. The van der Waals surface area contributed by atoms with Crippen LogP contribution in [0.2, 0.25) is 0 Å². The van der Waals surface area contributed by atoms with Crippen LogP contribution in [0.15, 0.2) is 24.3 Å². The zero-order chi connectivity index (χ0) is 11.1. The van der Waals surface area contributed by atoms with Crippen molar-refractivity contribution in [3.05, 3.63) is 30.1 Å². The molecular weight excluding hydrogens is 195 g/mol. The number of rotatable bonds is 6. The van der Waals surface area contributed by atoms with Gasteiger partial charge in [-0.1, -0.05) is 13.8 Å². The summed E-state index contributed by atoms with van der Waals surface area (Å²) in [7, 11) is 0. The summed E-state index contributed by atoms with van der Waals surface area (Å²) in [6, 6.07) is 5.98. The molecule has 2 nitrogen and oxygen atoms in total. The van der Waals surface area contributed by atoms with Crippen LogP contribution in [-0.2, 0) is 4.74 Å². The first-order valence-electron chi connectivity index (χ1n) is 5.14. The molecule has 0 fully saturated rings. The van der Waals surface area contributed by atoms with Gasteiger partial charge in [-0.3, -0.25) is 0 Å². The average Bonchev–Trinajstić information content (AvgIpc) is 2.20. The molecule has 3 heteroatoms. The van der Waals surface area contributed by atoms with Gasteiger partial charge < -0.3 is 9.47 Å². The number of ether oxygens (including phenoxy) is 2. The second-order valence-electron chi connectivity index (χ2n) is 3.77. The van der Waals surface area contributed by atoms with E-state index in [9.17, 15) is 4.39 Å². The van der Waals surface area contributed by atoms with Gasteiger partial charge in [0.05, 0.1) is 6.61 Å². The van der Waals surface area contributed by atoms with Gasteiger partial charge in [0.15, 0.2) is 0 Å². The lowest BCUT2D eigenvalue weighted by Gasteiger charge is -2.08. The van der Waals surface area contributed by atoms with Crippen LogP contribution in [0.4, 0.5) is 4.39 Å². The summed E-state index contributed by atoms with van der Waals surface area (Å²) in [6.07, 6.45) is 0. The highest BCUT2D eigenvalue weighted by Crippen LogP contribution is 2.10. The largest absolute Gasteiger partial charge is 0.491 e. The van der Waals surface area contributed by atoms with Crippen molar-refractivity contribution in [2.45, 2.75) is 13.8 Å². The van der Waals surface area contributed by atoms with E-state index in [0.717, 1.165) is 6.61 Å². The molecule has 0 saturated heterocycles. The van der Waals surface area contributed by atoms with Gasteiger partial charge in [0.25, 0.3) is 0 Å². The minimum Gasteiger partial charge on any atom is -0.491 e. The van der Waals surface area contributed by atoms with Gasteiger partial charge in [0.1, 0.15) is 18.2 Å². The molecule has 0 atom stereocenters. The van der Waals surface area contributed by atoms with E-state index in [1.54, 1.807) is 12.1 Å². The molecule has 0 heterocycles. The Morgan fingerprint density at radius 1 is 1.13 bits per heavy atom. The van der Waals surface area contributed by atoms with Crippen molar-refractivity contribution >= 4 is 0 Å². The van der Waals surface area contributed by atoms with Gasteiger partial charge in [-0.15, -0.1) is 0 Å². The van der Waals surface area contributed by atoms with E-state index in [2.05, 4.69) is 13.8 Å².